The van der Waals surface area contributed by atoms with Crippen molar-refractivity contribution in [3.05, 3.63) is 48.8 Å². The Balaban J connectivity index is 1.49. The van der Waals surface area contributed by atoms with Gasteiger partial charge >= 0.3 is 0 Å². The highest BCUT2D eigenvalue weighted by molar-refractivity contribution is 5.75. The number of hydrogen-bond acceptors (Lipinski definition) is 9. The summed E-state index contributed by atoms with van der Waals surface area (Å²) < 4.78 is 3.48. The molecule has 1 aliphatic carbocycles. The quantitative estimate of drug-likeness (QED) is 0.391. The third-order valence-electron chi connectivity index (χ3n) is 5.76. The molecule has 1 aromatic carbocycles. The molecule has 0 aliphatic heterocycles. The number of benzene rings is 1. The Morgan fingerprint density at radius 1 is 1.12 bits per heavy atom. The Morgan fingerprint density at radius 2 is 1.91 bits per heavy atom. The van der Waals surface area contributed by atoms with Crippen molar-refractivity contribution in [3.63, 3.8) is 0 Å². The van der Waals surface area contributed by atoms with Crippen molar-refractivity contribution in [1.82, 2.24) is 34.3 Å². The lowest BCUT2D eigenvalue weighted by atomic mass is 10.2. The van der Waals surface area contributed by atoms with E-state index in [0.29, 0.717) is 23.2 Å². The van der Waals surface area contributed by atoms with Crippen LogP contribution in [0.1, 0.15) is 18.5 Å². The lowest BCUT2D eigenvalue weighted by Gasteiger charge is -2.25. The lowest BCUT2D eigenvalue weighted by molar-refractivity contribution is 0.416. The molecule has 0 spiro atoms. The van der Waals surface area contributed by atoms with Crippen LogP contribution in [0.25, 0.3) is 11.3 Å². The first kappa shape index (κ1) is 21.7. The minimum absolute atomic E-state index is 0.389. The highest BCUT2D eigenvalue weighted by Gasteiger charge is 2.23. The van der Waals surface area contributed by atoms with E-state index < -0.39 is 0 Å². The number of rotatable bonds is 9. The zero-order valence-electron chi connectivity index (χ0n) is 19.5. The maximum absolute atomic E-state index is 9.48. The number of hydrogen-bond donors (Lipinski definition) is 2. The fourth-order valence-electron chi connectivity index (χ4n) is 3.73. The summed E-state index contributed by atoms with van der Waals surface area (Å²) in [5.74, 6) is 0.619. The largest absolute Gasteiger partial charge is 0.379 e. The maximum atomic E-state index is 9.48. The number of imidazole rings is 1. The van der Waals surface area contributed by atoms with Crippen molar-refractivity contribution in [2.45, 2.75) is 18.9 Å². The van der Waals surface area contributed by atoms with Gasteiger partial charge in [-0.3, -0.25) is 4.57 Å². The molecular formula is C23H27N11. The van der Waals surface area contributed by atoms with E-state index in [1.807, 2.05) is 22.8 Å². The van der Waals surface area contributed by atoms with E-state index in [9.17, 15) is 5.26 Å². The number of nitrogens with zero attached hydrogens (tertiary/aromatic N) is 9. The van der Waals surface area contributed by atoms with Crippen LogP contribution in [0.5, 0.6) is 0 Å². The van der Waals surface area contributed by atoms with Crippen LogP contribution in [-0.2, 0) is 0 Å². The van der Waals surface area contributed by atoms with Crippen LogP contribution in [0.2, 0.25) is 0 Å². The fraction of sp³-hybridized carbons (Fsp3) is 0.348. The van der Waals surface area contributed by atoms with Crippen LogP contribution in [0.4, 0.5) is 22.9 Å². The average Bonchev–Trinajstić information content (AvgIpc) is 3.30. The SMILES string of the molecule is CN(C)CCN(C)c1ccc(Nc2cc(NC3CC3)c3ncc(C#N)n3n2)cc1-n1cnnc1. The first-order valence-corrected chi connectivity index (χ1v) is 11.2. The predicted molar refractivity (Wildman–Crippen MR) is 131 cm³/mol. The number of nitriles is 1. The van der Waals surface area contributed by atoms with E-state index in [1.54, 1.807) is 23.4 Å². The van der Waals surface area contributed by atoms with Gasteiger partial charge < -0.3 is 20.4 Å². The van der Waals surface area contributed by atoms with Crippen molar-refractivity contribution < 1.29 is 0 Å². The molecule has 1 aliphatic rings. The minimum Gasteiger partial charge on any atom is -0.379 e. The second-order valence-electron chi connectivity index (χ2n) is 8.77. The second-order valence-corrected chi connectivity index (χ2v) is 8.77. The van der Waals surface area contributed by atoms with Gasteiger partial charge in [-0.2, -0.15) is 9.78 Å². The molecule has 0 saturated heterocycles. The summed E-state index contributed by atoms with van der Waals surface area (Å²) in [5.41, 5.74) is 4.77. The summed E-state index contributed by atoms with van der Waals surface area (Å²) in [6.07, 6.45) is 7.19. The average molecular weight is 458 g/mol. The molecule has 174 valence electrons. The monoisotopic (exact) mass is 457 g/mol. The minimum atomic E-state index is 0.389. The molecule has 0 amide bonds. The molecule has 4 aromatic rings. The summed E-state index contributed by atoms with van der Waals surface area (Å²) in [5, 5.41) is 29.0. The normalized spacial score (nSPS) is 13.3. The van der Waals surface area contributed by atoms with E-state index >= 15 is 0 Å². The summed E-state index contributed by atoms with van der Waals surface area (Å²) in [6, 6.07) is 10.7. The zero-order chi connectivity index (χ0) is 23.7. The Kier molecular flexibility index (Phi) is 5.73. The van der Waals surface area contributed by atoms with Gasteiger partial charge in [0.05, 0.1) is 23.3 Å². The van der Waals surface area contributed by atoms with Crippen LogP contribution in [0.15, 0.2) is 43.1 Å². The van der Waals surface area contributed by atoms with Crippen LogP contribution in [0.3, 0.4) is 0 Å². The predicted octanol–water partition coefficient (Wildman–Crippen LogP) is 2.50. The Morgan fingerprint density at radius 3 is 2.62 bits per heavy atom. The smallest absolute Gasteiger partial charge is 0.178 e. The van der Waals surface area contributed by atoms with Gasteiger partial charge in [0.2, 0.25) is 0 Å². The van der Waals surface area contributed by atoms with Gasteiger partial charge in [-0.1, -0.05) is 0 Å². The molecule has 2 N–H and O–H groups in total. The molecule has 11 nitrogen and oxygen atoms in total. The van der Waals surface area contributed by atoms with Crippen LogP contribution >= 0.6 is 0 Å². The standard InChI is InChI=1S/C23H27N11/c1-31(2)8-9-32(3)20-7-6-17(10-21(20)33-14-26-27-15-33)29-22-11-19(28-16-4-5-16)23-25-13-18(12-24)34(23)30-22/h6-7,10-11,13-16,28H,4-5,8-9H2,1-3H3,(H,29,30). The number of nitrogens with one attached hydrogen (secondary N) is 2. The van der Waals surface area contributed by atoms with Crippen LogP contribution in [-0.4, -0.2) is 74.5 Å². The third kappa shape index (κ3) is 4.49. The number of likely N-dealkylation sites (N-methyl/N-ethyl adjacent to an activating group) is 2. The summed E-state index contributed by atoms with van der Waals surface area (Å²) in [4.78, 5) is 8.76. The molecule has 11 heteroatoms. The molecule has 1 saturated carbocycles. The van der Waals surface area contributed by atoms with Crippen LogP contribution < -0.4 is 15.5 Å². The van der Waals surface area contributed by atoms with E-state index in [-0.39, 0.29) is 0 Å². The van der Waals surface area contributed by atoms with Gasteiger partial charge in [0.25, 0.3) is 0 Å². The number of aromatic nitrogens is 6. The fourth-order valence-corrected chi connectivity index (χ4v) is 3.73. The van der Waals surface area contributed by atoms with Crippen molar-refractivity contribution in [1.29, 1.82) is 5.26 Å². The Bertz CT molecular complexity index is 1330. The molecule has 0 atom stereocenters. The van der Waals surface area contributed by atoms with Crippen molar-refractivity contribution >= 4 is 28.5 Å². The Labute approximate surface area is 197 Å². The first-order valence-electron chi connectivity index (χ1n) is 11.2. The van der Waals surface area contributed by atoms with Crippen molar-refractivity contribution in [3.8, 4) is 11.8 Å². The van der Waals surface area contributed by atoms with Gasteiger partial charge in [0, 0.05) is 37.9 Å². The molecule has 34 heavy (non-hydrogen) atoms. The zero-order valence-corrected chi connectivity index (χ0v) is 19.5. The van der Waals surface area contributed by atoms with E-state index in [2.05, 4.69) is 74.0 Å². The molecular weight excluding hydrogens is 430 g/mol. The second kappa shape index (κ2) is 8.99. The van der Waals surface area contributed by atoms with E-state index in [1.165, 1.54) is 0 Å². The molecule has 5 rings (SSSR count). The summed E-state index contributed by atoms with van der Waals surface area (Å²) in [7, 11) is 6.21. The molecule has 0 bridgehead atoms. The molecule has 0 radical (unpaired) electrons. The van der Waals surface area contributed by atoms with Crippen molar-refractivity contribution in [2.24, 2.45) is 0 Å². The first-order chi connectivity index (χ1) is 16.5. The number of fused-ring (bicyclic) bond motifs is 1. The topological polar surface area (TPSA) is 115 Å². The Hall–Kier alpha value is -4.17. The van der Waals surface area contributed by atoms with E-state index in [4.69, 9.17) is 0 Å². The third-order valence-corrected chi connectivity index (χ3v) is 5.76. The number of anilines is 4. The molecule has 1 fully saturated rings. The summed E-state index contributed by atoms with van der Waals surface area (Å²) in [6.45, 7) is 1.81. The molecule has 3 heterocycles. The van der Waals surface area contributed by atoms with Gasteiger partial charge in [-0.05, 0) is 45.1 Å². The van der Waals surface area contributed by atoms with Gasteiger partial charge in [-0.25, -0.2) is 4.98 Å². The van der Waals surface area contributed by atoms with Gasteiger partial charge in [-0.15, -0.1) is 15.3 Å². The van der Waals surface area contributed by atoms with Crippen LogP contribution in [0, 0.1) is 11.3 Å². The van der Waals surface area contributed by atoms with Gasteiger partial charge in [0.1, 0.15) is 18.7 Å². The highest BCUT2D eigenvalue weighted by atomic mass is 15.3. The molecule has 3 aromatic heterocycles. The summed E-state index contributed by atoms with van der Waals surface area (Å²) >= 11 is 0. The van der Waals surface area contributed by atoms with Gasteiger partial charge in [0.15, 0.2) is 17.2 Å². The van der Waals surface area contributed by atoms with Crippen molar-refractivity contribution in [2.75, 3.05) is 49.8 Å². The maximum Gasteiger partial charge on any atom is 0.178 e. The van der Waals surface area contributed by atoms with E-state index in [0.717, 1.165) is 48.7 Å². The highest BCUT2D eigenvalue weighted by Crippen LogP contribution is 2.31. The molecule has 0 unspecified atom stereocenters. The lowest BCUT2D eigenvalue weighted by Crippen LogP contribution is -2.29.